The Morgan fingerprint density at radius 1 is 0.931 bits per heavy atom. The maximum Gasteiger partial charge on any atom is 0.226 e. The van der Waals surface area contributed by atoms with E-state index in [1.807, 2.05) is 24.3 Å². The van der Waals surface area contributed by atoms with E-state index in [4.69, 9.17) is 4.74 Å². The van der Waals surface area contributed by atoms with Gasteiger partial charge in [-0.3, -0.25) is 14.4 Å². The van der Waals surface area contributed by atoms with Gasteiger partial charge in [-0.05, 0) is 48.4 Å². The van der Waals surface area contributed by atoms with Crippen molar-refractivity contribution < 1.29 is 19.1 Å². The molecule has 154 valence electrons. The van der Waals surface area contributed by atoms with Crippen LogP contribution in [0.5, 0.6) is 5.75 Å². The van der Waals surface area contributed by atoms with Crippen molar-refractivity contribution in [2.45, 2.75) is 26.7 Å². The summed E-state index contributed by atoms with van der Waals surface area (Å²) in [6.45, 7) is 3.81. The summed E-state index contributed by atoms with van der Waals surface area (Å²) in [6, 6.07) is 14.6. The number of amides is 3. The number of carbonyl (C=O) groups is 3. The van der Waals surface area contributed by atoms with Gasteiger partial charge in [-0.2, -0.15) is 0 Å². The molecule has 0 aliphatic carbocycles. The molecule has 2 aromatic rings. The highest BCUT2D eigenvalue weighted by Gasteiger charge is 2.12. The van der Waals surface area contributed by atoms with Gasteiger partial charge in [0.05, 0.1) is 7.11 Å². The van der Waals surface area contributed by atoms with Crippen LogP contribution >= 0.6 is 0 Å². The van der Waals surface area contributed by atoms with Gasteiger partial charge in [0.15, 0.2) is 0 Å². The van der Waals surface area contributed by atoms with E-state index in [2.05, 4.69) is 10.6 Å². The first-order chi connectivity index (χ1) is 13.9. The number of anilines is 2. The predicted molar refractivity (Wildman–Crippen MR) is 113 cm³/mol. The zero-order valence-electron chi connectivity index (χ0n) is 17.0. The van der Waals surface area contributed by atoms with Gasteiger partial charge in [0.1, 0.15) is 5.75 Å². The van der Waals surface area contributed by atoms with Crippen LogP contribution in [-0.2, 0) is 20.8 Å². The van der Waals surface area contributed by atoms with E-state index in [1.54, 1.807) is 36.3 Å². The largest absolute Gasteiger partial charge is 0.497 e. The highest BCUT2D eigenvalue weighted by Crippen LogP contribution is 2.15. The monoisotopic (exact) mass is 397 g/mol. The summed E-state index contributed by atoms with van der Waals surface area (Å²) in [4.78, 5) is 36.8. The summed E-state index contributed by atoms with van der Waals surface area (Å²) < 4.78 is 5.22. The van der Waals surface area contributed by atoms with Gasteiger partial charge in [0.25, 0.3) is 0 Å². The third kappa shape index (κ3) is 7.65. The van der Waals surface area contributed by atoms with Gasteiger partial charge in [0.2, 0.25) is 17.7 Å². The lowest BCUT2D eigenvalue weighted by Crippen LogP contribution is -2.33. The molecule has 0 radical (unpaired) electrons. The van der Waals surface area contributed by atoms with Crippen LogP contribution in [0.2, 0.25) is 0 Å². The van der Waals surface area contributed by atoms with Crippen LogP contribution in [0.3, 0.4) is 0 Å². The summed E-state index contributed by atoms with van der Waals surface area (Å²) in [5, 5.41) is 5.47. The third-order valence-electron chi connectivity index (χ3n) is 4.35. The molecule has 2 N–H and O–H groups in total. The van der Waals surface area contributed by atoms with E-state index >= 15 is 0 Å². The minimum absolute atomic E-state index is 0.0691. The molecule has 2 aromatic carbocycles. The van der Waals surface area contributed by atoms with Crippen LogP contribution in [-0.4, -0.2) is 42.8 Å². The molecule has 3 amide bonds. The molecule has 0 aliphatic heterocycles. The first kappa shape index (κ1) is 21.9. The maximum atomic E-state index is 12.2. The molecular formula is C22H27N3O4. The molecule has 0 spiro atoms. The molecule has 0 aromatic heterocycles. The Bertz CT molecular complexity index is 849. The second-order valence-electron chi connectivity index (χ2n) is 6.66. The van der Waals surface area contributed by atoms with Crippen molar-refractivity contribution in [3.8, 4) is 5.75 Å². The van der Waals surface area contributed by atoms with Crippen LogP contribution < -0.4 is 15.4 Å². The second-order valence-corrected chi connectivity index (χ2v) is 6.66. The number of hydrogen-bond donors (Lipinski definition) is 2. The molecule has 7 heteroatoms. The van der Waals surface area contributed by atoms with Gasteiger partial charge >= 0.3 is 0 Å². The van der Waals surface area contributed by atoms with Crippen LogP contribution in [0.4, 0.5) is 11.4 Å². The molecule has 0 aliphatic rings. The van der Waals surface area contributed by atoms with Crippen LogP contribution in [0.25, 0.3) is 0 Å². The molecule has 0 unspecified atom stereocenters. The average Bonchev–Trinajstić information content (AvgIpc) is 2.69. The number of hydrogen-bond acceptors (Lipinski definition) is 4. The summed E-state index contributed by atoms with van der Waals surface area (Å²) in [7, 11) is 1.62. The highest BCUT2D eigenvalue weighted by atomic mass is 16.5. The lowest BCUT2D eigenvalue weighted by Gasteiger charge is -2.21. The Morgan fingerprint density at radius 3 is 2.17 bits per heavy atom. The molecule has 29 heavy (non-hydrogen) atoms. The molecule has 0 fully saturated rings. The minimum Gasteiger partial charge on any atom is -0.497 e. The first-order valence-corrected chi connectivity index (χ1v) is 9.43. The van der Waals surface area contributed by atoms with E-state index in [1.165, 1.54) is 13.8 Å². The van der Waals surface area contributed by atoms with E-state index in [0.29, 0.717) is 30.9 Å². The Labute approximate surface area is 171 Å². The first-order valence-electron chi connectivity index (χ1n) is 9.43. The Hall–Kier alpha value is -3.35. The van der Waals surface area contributed by atoms with Crippen molar-refractivity contribution >= 4 is 29.1 Å². The Morgan fingerprint density at radius 2 is 1.59 bits per heavy atom. The lowest BCUT2D eigenvalue weighted by molar-refractivity contribution is -0.129. The lowest BCUT2D eigenvalue weighted by atomic mass is 10.1. The average molecular weight is 397 g/mol. The summed E-state index contributed by atoms with van der Waals surface area (Å²) >= 11 is 0. The summed E-state index contributed by atoms with van der Waals surface area (Å²) in [6.07, 6.45) is 0.883. The summed E-state index contributed by atoms with van der Waals surface area (Å²) in [5.74, 6) is 0.381. The second kappa shape index (κ2) is 10.8. The normalized spacial score (nSPS) is 10.2. The number of methoxy groups -OCH3 is 1. The number of rotatable bonds is 9. The molecule has 0 bridgehead atoms. The molecular weight excluding hydrogens is 370 g/mol. The predicted octanol–water partition coefficient (Wildman–Crippen LogP) is 3.07. The number of ether oxygens (including phenoxy) is 1. The van der Waals surface area contributed by atoms with Gasteiger partial charge in [0, 0.05) is 44.7 Å². The van der Waals surface area contributed by atoms with Gasteiger partial charge < -0.3 is 20.3 Å². The zero-order valence-corrected chi connectivity index (χ0v) is 17.0. The number of benzene rings is 2. The van der Waals surface area contributed by atoms with Gasteiger partial charge in [-0.1, -0.05) is 12.1 Å². The minimum atomic E-state index is -0.176. The van der Waals surface area contributed by atoms with E-state index in [9.17, 15) is 14.4 Å². The van der Waals surface area contributed by atoms with E-state index < -0.39 is 0 Å². The molecule has 7 nitrogen and oxygen atoms in total. The number of carbonyl (C=O) groups excluding carboxylic acids is 3. The topological polar surface area (TPSA) is 87.7 Å². The summed E-state index contributed by atoms with van der Waals surface area (Å²) in [5.41, 5.74) is 2.37. The van der Waals surface area contributed by atoms with Crippen molar-refractivity contribution in [2.75, 3.05) is 30.8 Å². The van der Waals surface area contributed by atoms with Crippen LogP contribution in [0.15, 0.2) is 48.5 Å². The zero-order chi connectivity index (χ0) is 21.2. The fraction of sp³-hybridized carbons (Fsp3) is 0.318. The fourth-order valence-corrected chi connectivity index (χ4v) is 2.82. The molecule has 0 atom stereocenters. The molecule has 0 saturated heterocycles. The van der Waals surface area contributed by atoms with E-state index in [0.717, 1.165) is 11.3 Å². The van der Waals surface area contributed by atoms with E-state index in [-0.39, 0.29) is 24.1 Å². The molecule has 0 heterocycles. The fourth-order valence-electron chi connectivity index (χ4n) is 2.82. The van der Waals surface area contributed by atoms with Crippen molar-refractivity contribution in [1.29, 1.82) is 0 Å². The maximum absolute atomic E-state index is 12.2. The Kier molecular flexibility index (Phi) is 8.21. The van der Waals surface area contributed by atoms with Crippen molar-refractivity contribution in [3.63, 3.8) is 0 Å². The molecule has 0 saturated carbocycles. The number of nitrogens with zero attached hydrogens (tertiary/aromatic N) is 1. The highest BCUT2D eigenvalue weighted by molar-refractivity contribution is 5.92. The van der Waals surface area contributed by atoms with Crippen LogP contribution in [0, 0.1) is 0 Å². The van der Waals surface area contributed by atoms with Crippen molar-refractivity contribution in [2.24, 2.45) is 0 Å². The molecule has 2 rings (SSSR count). The van der Waals surface area contributed by atoms with Gasteiger partial charge in [-0.15, -0.1) is 0 Å². The standard InChI is InChI=1S/C22H27N3O4/c1-16(26)23-19-7-9-20(10-8-19)24-22(28)12-14-25(17(2)27)13-11-18-5-4-6-21(15-18)29-3/h4-10,15H,11-14H2,1-3H3,(H,23,26)(H,24,28). The quantitative estimate of drug-likeness (QED) is 0.681. The third-order valence-corrected chi connectivity index (χ3v) is 4.35. The Balaban J connectivity index is 1.83. The SMILES string of the molecule is COc1cccc(CCN(CCC(=O)Nc2ccc(NC(C)=O)cc2)C(C)=O)c1. The van der Waals surface area contributed by atoms with Crippen molar-refractivity contribution in [1.82, 2.24) is 4.90 Å². The van der Waals surface area contributed by atoms with Crippen molar-refractivity contribution in [3.05, 3.63) is 54.1 Å². The van der Waals surface area contributed by atoms with Gasteiger partial charge in [-0.25, -0.2) is 0 Å². The van der Waals surface area contributed by atoms with Crippen LogP contribution in [0.1, 0.15) is 25.8 Å². The smallest absolute Gasteiger partial charge is 0.226 e. The number of nitrogens with one attached hydrogen (secondary N) is 2.